The first-order valence-electron chi connectivity index (χ1n) is 12.7. The maximum absolute atomic E-state index is 13.4. The van der Waals surface area contributed by atoms with Gasteiger partial charge in [0, 0.05) is 30.5 Å². The lowest BCUT2D eigenvalue weighted by atomic mass is 9.91. The first kappa shape index (κ1) is 22.9. The molecular weight excluding hydrogens is 426 g/mol. The third kappa shape index (κ3) is 5.11. The fourth-order valence-corrected chi connectivity index (χ4v) is 5.58. The van der Waals surface area contributed by atoms with E-state index in [1.165, 1.54) is 0 Å². The predicted molar refractivity (Wildman–Crippen MR) is 132 cm³/mol. The van der Waals surface area contributed by atoms with Crippen molar-refractivity contribution < 1.29 is 14.3 Å². The van der Waals surface area contributed by atoms with E-state index in [1.54, 1.807) is 11.1 Å². The van der Waals surface area contributed by atoms with Gasteiger partial charge < -0.3 is 15.0 Å². The molecule has 2 aromatic rings. The molecule has 2 fully saturated rings. The number of aromatic nitrogens is 1. The summed E-state index contributed by atoms with van der Waals surface area (Å²) in [4.78, 5) is 32.8. The predicted octanol–water partition coefficient (Wildman–Crippen LogP) is 4.49. The molecule has 2 amide bonds. The Balaban J connectivity index is 1.35. The monoisotopic (exact) mass is 461 g/mol. The average molecular weight is 462 g/mol. The molecule has 0 spiro atoms. The smallest absolute Gasteiger partial charge is 0.243 e. The second kappa shape index (κ2) is 9.77. The third-order valence-electron chi connectivity index (χ3n) is 7.51. The maximum Gasteiger partial charge on any atom is 0.243 e. The zero-order chi connectivity index (χ0) is 23.7. The van der Waals surface area contributed by atoms with Crippen LogP contribution in [0.3, 0.4) is 0 Å². The van der Waals surface area contributed by atoms with Crippen molar-refractivity contribution in [2.45, 2.75) is 70.6 Å². The van der Waals surface area contributed by atoms with Crippen LogP contribution in [0.15, 0.2) is 48.7 Å². The van der Waals surface area contributed by atoms with E-state index in [0.29, 0.717) is 37.1 Å². The highest BCUT2D eigenvalue weighted by atomic mass is 16.5. The van der Waals surface area contributed by atoms with Crippen molar-refractivity contribution in [2.75, 3.05) is 6.54 Å². The first-order valence-corrected chi connectivity index (χ1v) is 12.7. The van der Waals surface area contributed by atoms with Crippen LogP contribution >= 0.6 is 0 Å². The molecular formula is C28H35N3O3. The number of ether oxygens (including phenoxy) is 1. The summed E-state index contributed by atoms with van der Waals surface area (Å²) in [5.74, 6) is 1.84. The third-order valence-corrected chi connectivity index (χ3v) is 7.51. The second-order valence-electron chi connectivity index (χ2n) is 10.5. The topological polar surface area (TPSA) is 71.5 Å². The van der Waals surface area contributed by atoms with Gasteiger partial charge in [0.05, 0.1) is 6.54 Å². The van der Waals surface area contributed by atoms with Crippen LogP contribution in [-0.2, 0) is 9.59 Å². The van der Waals surface area contributed by atoms with Crippen LogP contribution in [0.25, 0.3) is 10.8 Å². The number of amides is 2. The molecule has 1 saturated heterocycles. The molecule has 1 aromatic carbocycles. The lowest BCUT2D eigenvalue weighted by Crippen LogP contribution is -2.47. The fourth-order valence-electron chi connectivity index (χ4n) is 5.58. The summed E-state index contributed by atoms with van der Waals surface area (Å²) < 4.78 is 6.31. The number of fused-ring (bicyclic) bond motifs is 3. The molecule has 1 saturated carbocycles. The van der Waals surface area contributed by atoms with Gasteiger partial charge in [-0.1, -0.05) is 44.2 Å². The molecule has 1 N–H and O–H groups in total. The molecule has 0 radical (unpaired) electrons. The Morgan fingerprint density at radius 3 is 2.79 bits per heavy atom. The molecule has 180 valence electrons. The minimum absolute atomic E-state index is 0.0529. The highest BCUT2D eigenvalue weighted by Gasteiger charge is 2.44. The molecule has 6 heteroatoms. The van der Waals surface area contributed by atoms with Gasteiger partial charge >= 0.3 is 0 Å². The van der Waals surface area contributed by atoms with Crippen LogP contribution in [-0.4, -0.2) is 46.4 Å². The summed E-state index contributed by atoms with van der Waals surface area (Å²) in [7, 11) is 0. The molecule has 3 aliphatic rings. The fraction of sp³-hybridized carbons (Fsp3) is 0.536. The number of nitrogens with zero attached hydrogens (tertiary/aromatic N) is 2. The normalized spacial score (nSPS) is 33.3. The molecule has 2 aliphatic heterocycles. The summed E-state index contributed by atoms with van der Waals surface area (Å²) in [5, 5.41) is 5.20. The number of hydrogen-bond acceptors (Lipinski definition) is 4. The average Bonchev–Trinajstić information content (AvgIpc) is 3.40. The highest BCUT2D eigenvalue weighted by Crippen LogP contribution is 2.34. The van der Waals surface area contributed by atoms with Crippen LogP contribution in [0.1, 0.15) is 52.4 Å². The van der Waals surface area contributed by atoms with Gasteiger partial charge in [-0.3, -0.25) is 9.59 Å². The van der Waals surface area contributed by atoms with Crippen molar-refractivity contribution in [1.29, 1.82) is 0 Å². The largest absolute Gasteiger partial charge is 0.472 e. The van der Waals surface area contributed by atoms with E-state index < -0.39 is 6.04 Å². The van der Waals surface area contributed by atoms with Gasteiger partial charge in [0.15, 0.2) is 0 Å². The summed E-state index contributed by atoms with van der Waals surface area (Å²) >= 11 is 0. The lowest BCUT2D eigenvalue weighted by Gasteiger charge is -2.25. The highest BCUT2D eigenvalue weighted by molar-refractivity contribution is 5.89. The first-order chi connectivity index (χ1) is 16.5. The maximum atomic E-state index is 13.4. The molecule has 3 heterocycles. The van der Waals surface area contributed by atoms with Gasteiger partial charge in [-0.2, -0.15) is 0 Å². The van der Waals surface area contributed by atoms with E-state index in [9.17, 15) is 9.59 Å². The van der Waals surface area contributed by atoms with Crippen LogP contribution in [0.4, 0.5) is 0 Å². The quantitative estimate of drug-likeness (QED) is 0.669. The molecule has 6 nitrogen and oxygen atoms in total. The van der Waals surface area contributed by atoms with Crippen LogP contribution in [0, 0.1) is 17.8 Å². The van der Waals surface area contributed by atoms with Gasteiger partial charge in [-0.05, 0) is 61.0 Å². The van der Waals surface area contributed by atoms with Gasteiger partial charge in [0.2, 0.25) is 17.7 Å². The van der Waals surface area contributed by atoms with E-state index in [2.05, 4.69) is 36.3 Å². The Morgan fingerprint density at radius 1 is 1.06 bits per heavy atom. The zero-order valence-electron chi connectivity index (χ0n) is 20.2. The van der Waals surface area contributed by atoms with Crippen molar-refractivity contribution >= 4 is 22.6 Å². The number of carbonyl (C=O) groups excluding carboxylic acids is 2. The number of pyridine rings is 1. The number of hydrogen-bond donors (Lipinski definition) is 1. The molecule has 0 bridgehead atoms. The van der Waals surface area contributed by atoms with Crippen molar-refractivity contribution in [2.24, 2.45) is 17.8 Å². The number of benzene rings is 1. The van der Waals surface area contributed by atoms with Crippen molar-refractivity contribution in [3.05, 3.63) is 48.7 Å². The molecule has 5 rings (SSSR count). The second-order valence-corrected chi connectivity index (χ2v) is 10.5. The van der Waals surface area contributed by atoms with Gasteiger partial charge in [-0.15, -0.1) is 0 Å². The van der Waals surface area contributed by atoms with E-state index in [4.69, 9.17) is 4.74 Å². The molecule has 34 heavy (non-hydrogen) atoms. The molecule has 1 aromatic heterocycles. The van der Waals surface area contributed by atoms with Crippen molar-refractivity contribution in [3.63, 3.8) is 0 Å². The minimum atomic E-state index is -0.493. The van der Waals surface area contributed by atoms with Crippen LogP contribution in [0.5, 0.6) is 5.88 Å². The summed E-state index contributed by atoms with van der Waals surface area (Å²) in [5.41, 5.74) is 0. The van der Waals surface area contributed by atoms with Crippen molar-refractivity contribution in [1.82, 2.24) is 15.2 Å². The summed E-state index contributed by atoms with van der Waals surface area (Å²) in [6.07, 6.45) is 11.2. The summed E-state index contributed by atoms with van der Waals surface area (Å²) in [6, 6.07) is 9.63. The van der Waals surface area contributed by atoms with E-state index in [0.717, 1.165) is 36.5 Å². The van der Waals surface area contributed by atoms with Gasteiger partial charge in [-0.25, -0.2) is 4.98 Å². The molecule has 6 atom stereocenters. The van der Waals surface area contributed by atoms with Gasteiger partial charge in [0.25, 0.3) is 0 Å². The SMILES string of the molecule is C[C@@H]1CC/C=C\[C@@H]2C[C@H]2NC(=O)[C@@H]2C[C@@H](Oc3nccc4ccccc34)CN2C(=O)C[C@H](C)C1. The van der Waals surface area contributed by atoms with Crippen LogP contribution in [0.2, 0.25) is 0 Å². The Morgan fingerprint density at radius 2 is 1.91 bits per heavy atom. The molecule has 1 aliphatic carbocycles. The van der Waals surface area contributed by atoms with Crippen LogP contribution < -0.4 is 10.1 Å². The van der Waals surface area contributed by atoms with E-state index >= 15 is 0 Å². The Kier molecular flexibility index (Phi) is 6.57. The number of carbonyl (C=O) groups is 2. The Labute approximate surface area is 201 Å². The minimum Gasteiger partial charge on any atom is -0.472 e. The zero-order valence-corrected chi connectivity index (χ0v) is 20.2. The van der Waals surface area contributed by atoms with Gasteiger partial charge in [0.1, 0.15) is 12.1 Å². The lowest BCUT2D eigenvalue weighted by molar-refractivity contribution is -0.139. The van der Waals surface area contributed by atoms with E-state index in [-0.39, 0.29) is 29.9 Å². The number of nitrogens with one attached hydrogen (secondary N) is 1. The number of allylic oxidation sites excluding steroid dienone is 1. The number of rotatable bonds is 2. The Hall–Kier alpha value is -2.89. The standard InChI is InChI=1S/C28H35N3O3/c1-18-7-3-4-9-21-15-24(21)30-27(33)25-16-22(17-31(25)26(32)14-19(2)13-18)34-28-23-10-6-5-8-20(23)11-12-29-28/h4-6,8-12,18-19,21-22,24-25H,3,7,13-17H2,1-2H3,(H,30,33)/b9-4-/t18-,19-,21-,22-,24-,25+/m1/s1. The van der Waals surface area contributed by atoms with E-state index in [1.807, 2.05) is 30.3 Å². The Bertz CT molecular complexity index is 1080. The van der Waals surface area contributed by atoms with Crippen molar-refractivity contribution in [3.8, 4) is 5.88 Å². The molecule has 0 unspecified atom stereocenters. The summed E-state index contributed by atoms with van der Waals surface area (Å²) in [6.45, 7) is 4.84.